The molecular weight excluding hydrogens is 286 g/mol. The van der Waals surface area contributed by atoms with Crippen LogP contribution in [0.1, 0.15) is 64.6 Å². The fourth-order valence-electron chi connectivity index (χ4n) is 2.73. The van der Waals surface area contributed by atoms with Gasteiger partial charge >= 0.3 is 0 Å². The molecule has 1 heterocycles. The maximum atomic E-state index is 4.84. The molecule has 1 aromatic rings. The van der Waals surface area contributed by atoms with E-state index in [1.807, 2.05) is 11.7 Å². The molecule has 1 aromatic heterocycles. The lowest BCUT2D eigenvalue weighted by Crippen LogP contribution is -2.39. The van der Waals surface area contributed by atoms with Crippen molar-refractivity contribution in [3.63, 3.8) is 0 Å². The molecule has 132 valence electrons. The molecule has 0 spiro atoms. The molecule has 0 fully saturated rings. The normalized spacial score (nSPS) is 12.3. The van der Waals surface area contributed by atoms with Gasteiger partial charge in [-0.3, -0.25) is 9.67 Å². The van der Waals surface area contributed by atoms with Crippen LogP contribution in [0.25, 0.3) is 0 Å². The van der Waals surface area contributed by atoms with Crippen molar-refractivity contribution in [3.05, 3.63) is 17.5 Å². The van der Waals surface area contributed by atoms with Crippen molar-refractivity contribution in [1.29, 1.82) is 0 Å². The van der Waals surface area contributed by atoms with Gasteiger partial charge in [-0.15, -0.1) is 0 Å². The van der Waals surface area contributed by atoms with E-state index in [0.29, 0.717) is 11.8 Å². The van der Waals surface area contributed by atoms with Crippen LogP contribution < -0.4 is 5.32 Å². The van der Waals surface area contributed by atoms with Crippen LogP contribution in [0.2, 0.25) is 0 Å². The number of aliphatic imine (C=N–C) groups is 1. The lowest BCUT2D eigenvalue weighted by molar-refractivity contribution is 0.459. The van der Waals surface area contributed by atoms with E-state index in [4.69, 9.17) is 4.99 Å². The summed E-state index contributed by atoms with van der Waals surface area (Å²) in [6.45, 7) is 13.6. The number of aryl methyl sites for hydroxylation is 1. The van der Waals surface area contributed by atoms with Crippen LogP contribution in [0.3, 0.4) is 0 Å². The van der Waals surface area contributed by atoms with Crippen molar-refractivity contribution in [2.75, 3.05) is 20.1 Å². The fraction of sp³-hybridized carbons (Fsp3) is 0.778. The predicted molar refractivity (Wildman–Crippen MR) is 98.8 cm³/mol. The summed E-state index contributed by atoms with van der Waals surface area (Å²) in [6.07, 6.45) is 4.49. The number of aromatic nitrogens is 2. The summed E-state index contributed by atoms with van der Waals surface area (Å²) in [5, 5.41) is 8.01. The zero-order valence-electron chi connectivity index (χ0n) is 16.1. The van der Waals surface area contributed by atoms with Gasteiger partial charge < -0.3 is 10.2 Å². The summed E-state index contributed by atoms with van der Waals surface area (Å²) in [7, 11) is 4.09. The Kier molecular flexibility index (Phi) is 8.13. The first-order chi connectivity index (χ1) is 10.9. The standard InChI is InChI=1S/C18H35N5/c1-8-15(9-2)11-20-18(19-10-3)22(6)12-16-13-23(7)21-17(16)14(4)5/h13-15H,8-12H2,1-7H3,(H,19,20). The molecule has 0 unspecified atom stereocenters. The Bertz CT molecular complexity index is 486. The molecule has 23 heavy (non-hydrogen) atoms. The first-order valence-corrected chi connectivity index (χ1v) is 8.94. The number of nitrogens with zero attached hydrogens (tertiary/aromatic N) is 4. The minimum Gasteiger partial charge on any atom is -0.357 e. The average molecular weight is 322 g/mol. The van der Waals surface area contributed by atoms with Crippen LogP contribution in [0.5, 0.6) is 0 Å². The highest BCUT2D eigenvalue weighted by Crippen LogP contribution is 2.18. The van der Waals surface area contributed by atoms with Crippen LogP contribution >= 0.6 is 0 Å². The van der Waals surface area contributed by atoms with E-state index in [1.165, 1.54) is 24.1 Å². The quantitative estimate of drug-likeness (QED) is 0.590. The van der Waals surface area contributed by atoms with E-state index >= 15 is 0 Å². The summed E-state index contributed by atoms with van der Waals surface area (Å²) < 4.78 is 1.91. The molecule has 1 rings (SSSR count). The van der Waals surface area contributed by atoms with Gasteiger partial charge in [0.05, 0.1) is 5.69 Å². The molecule has 1 N–H and O–H groups in total. The fourth-order valence-corrected chi connectivity index (χ4v) is 2.73. The van der Waals surface area contributed by atoms with Crippen molar-refractivity contribution >= 4 is 5.96 Å². The van der Waals surface area contributed by atoms with Crippen LogP contribution in [0.4, 0.5) is 0 Å². The lowest BCUT2D eigenvalue weighted by Gasteiger charge is -2.23. The molecule has 0 bridgehead atoms. The Labute approximate surface area is 142 Å². The van der Waals surface area contributed by atoms with E-state index in [2.05, 4.69) is 63.2 Å². The van der Waals surface area contributed by atoms with E-state index in [0.717, 1.165) is 25.6 Å². The van der Waals surface area contributed by atoms with Crippen molar-refractivity contribution < 1.29 is 0 Å². The molecule has 5 nitrogen and oxygen atoms in total. The Morgan fingerprint density at radius 1 is 1.30 bits per heavy atom. The first kappa shape index (κ1) is 19.5. The molecule has 0 saturated heterocycles. The van der Waals surface area contributed by atoms with Crippen molar-refractivity contribution in [3.8, 4) is 0 Å². The average Bonchev–Trinajstić information content (AvgIpc) is 2.87. The number of guanidine groups is 1. The number of nitrogens with one attached hydrogen (secondary N) is 1. The first-order valence-electron chi connectivity index (χ1n) is 8.94. The SMILES string of the molecule is CCNC(=NCC(CC)CC)N(C)Cc1cn(C)nc1C(C)C. The van der Waals surface area contributed by atoms with Crippen LogP contribution in [-0.2, 0) is 13.6 Å². The smallest absolute Gasteiger partial charge is 0.193 e. The third-order valence-electron chi connectivity index (χ3n) is 4.24. The van der Waals surface area contributed by atoms with Gasteiger partial charge in [-0.2, -0.15) is 5.10 Å². The highest BCUT2D eigenvalue weighted by Gasteiger charge is 2.15. The maximum Gasteiger partial charge on any atom is 0.193 e. The highest BCUT2D eigenvalue weighted by atomic mass is 15.3. The molecule has 0 aliphatic carbocycles. The zero-order chi connectivity index (χ0) is 17.4. The van der Waals surface area contributed by atoms with Gasteiger partial charge in [-0.25, -0.2) is 0 Å². The summed E-state index contributed by atoms with van der Waals surface area (Å²) in [5.41, 5.74) is 2.45. The summed E-state index contributed by atoms with van der Waals surface area (Å²) in [4.78, 5) is 7.04. The largest absolute Gasteiger partial charge is 0.357 e. The molecule has 0 atom stereocenters. The van der Waals surface area contributed by atoms with E-state index in [1.54, 1.807) is 0 Å². The summed E-state index contributed by atoms with van der Waals surface area (Å²) in [6, 6.07) is 0. The van der Waals surface area contributed by atoms with E-state index < -0.39 is 0 Å². The minimum absolute atomic E-state index is 0.434. The van der Waals surface area contributed by atoms with Crippen LogP contribution in [0.15, 0.2) is 11.2 Å². The van der Waals surface area contributed by atoms with E-state index in [9.17, 15) is 0 Å². The molecule has 0 radical (unpaired) electrons. The highest BCUT2D eigenvalue weighted by molar-refractivity contribution is 5.79. The molecular formula is C18H35N5. The van der Waals surface area contributed by atoms with Gasteiger partial charge in [-0.1, -0.05) is 40.5 Å². The number of hydrogen-bond acceptors (Lipinski definition) is 2. The number of hydrogen-bond donors (Lipinski definition) is 1. The Balaban J connectivity index is 2.85. The molecule has 0 aliphatic rings. The van der Waals surface area contributed by atoms with Crippen molar-refractivity contribution in [1.82, 2.24) is 20.0 Å². The monoisotopic (exact) mass is 321 g/mol. The molecule has 0 aliphatic heterocycles. The minimum atomic E-state index is 0.434. The Hall–Kier alpha value is -1.52. The van der Waals surface area contributed by atoms with Gasteiger partial charge in [0.15, 0.2) is 5.96 Å². The lowest BCUT2D eigenvalue weighted by atomic mass is 10.0. The van der Waals surface area contributed by atoms with Gasteiger partial charge in [0, 0.05) is 45.5 Å². The third-order valence-corrected chi connectivity index (χ3v) is 4.24. The van der Waals surface area contributed by atoms with Crippen LogP contribution in [0, 0.1) is 5.92 Å². The summed E-state index contributed by atoms with van der Waals surface area (Å²) >= 11 is 0. The van der Waals surface area contributed by atoms with Crippen LogP contribution in [-0.4, -0.2) is 40.8 Å². The second-order valence-electron chi connectivity index (χ2n) is 6.60. The maximum absolute atomic E-state index is 4.84. The van der Waals surface area contributed by atoms with Gasteiger partial charge in [0.25, 0.3) is 0 Å². The molecule has 5 heteroatoms. The summed E-state index contributed by atoms with van der Waals surface area (Å²) in [5.74, 6) is 2.09. The number of rotatable bonds is 8. The van der Waals surface area contributed by atoms with Crippen molar-refractivity contribution in [2.24, 2.45) is 18.0 Å². The third kappa shape index (κ3) is 5.88. The molecule has 0 saturated carbocycles. The topological polar surface area (TPSA) is 45.5 Å². The second-order valence-corrected chi connectivity index (χ2v) is 6.60. The van der Waals surface area contributed by atoms with Crippen molar-refractivity contribution in [2.45, 2.75) is 59.9 Å². The molecule has 0 amide bonds. The Morgan fingerprint density at radius 2 is 1.96 bits per heavy atom. The van der Waals surface area contributed by atoms with E-state index in [-0.39, 0.29) is 0 Å². The van der Waals surface area contributed by atoms with Gasteiger partial charge in [0.2, 0.25) is 0 Å². The second kappa shape index (κ2) is 9.58. The van der Waals surface area contributed by atoms with Gasteiger partial charge in [-0.05, 0) is 18.8 Å². The van der Waals surface area contributed by atoms with Gasteiger partial charge in [0.1, 0.15) is 0 Å². The predicted octanol–water partition coefficient (Wildman–Crippen LogP) is 3.38. The Morgan fingerprint density at radius 3 is 2.48 bits per heavy atom. The molecule has 0 aromatic carbocycles. The zero-order valence-corrected chi connectivity index (χ0v) is 16.1.